The number of nitrogens with one attached hydrogen (secondary N) is 1. The van der Waals surface area contributed by atoms with Gasteiger partial charge in [-0.1, -0.05) is 25.5 Å². The number of ether oxygens (including phenoxy) is 1. The fraction of sp³-hybridized carbons (Fsp3) is 0.375. The quantitative estimate of drug-likeness (QED) is 0.369. The van der Waals surface area contributed by atoms with E-state index in [4.69, 9.17) is 4.74 Å². The molecule has 0 spiro atoms. The maximum Gasteiger partial charge on any atom is 0.331 e. The summed E-state index contributed by atoms with van der Waals surface area (Å²) in [7, 11) is 0. The van der Waals surface area contributed by atoms with Gasteiger partial charge in [-0.3, -0.25) is 19.3 Å². The molecule has 2 heterocycles. The number of nitrogens with zero attached hydrogens (tertiary/aromatic N) is 1. The Kier molecular flexibility index (Phi) is 3.85. The zero-order valence-corrected chi connectivity index (χ0v) is 12.6. The molecule has 2 aliphatic heterocycles. The lowest BCUT2D eigenvalue weighted by molar-refractivity contribution is -0.157. The van der Waals surface area contributed by atoms with E-state index in [1.165, 1.54) is 12.1 Å². The van der Waals surface area contributed by atoms with E-state index in [0.717, 1.165) is 11.3 Å². The van der Waals surface area contributed by atoms with Crippen molar-refractivity contribution in [1.29, 1.82) is 0 Å². The van der Waals surface area contributed by atoms with Crippen molar-refractivity contribution in [3.63, 3.8) is 0 Å². The number of rotatable bonds is 5. The van der Waals surface area contributed by atoms with Gasteiger partial charge < -0.3 is 10.1 Å². The molecule has 3 rings (SSSR count). The van der Waals surface area contributed by atoms with Crippen LogP contribution in [0.15, 0.2) is 24.3 Å². The highest BCUT2D eigenvalue weighted by Gasteiger charge is 2.55. The molecule has 1 fully saturated rings. The van der Waals surface area contributed by atoms with E-state index in [1.807, 2.05) is 6.92 Å². The normalized spacial score (nSPS) is 22.5. The molecule has 0 aromatic heterocycles. The Balaban J connectivity index is 1.78. The highest BCUT2D eigenvalue weighted by molar-refractivity contribution is 6.24. The van der Waals surface area contributed by atoms with Crippen LogP contribution in [0.4, 0.5) is 0 Å². The second-order valence-corrected chi connectivity index (χ2v) is 5.48. The third-order valence-corrected chi connectivity index (χ3v) is 3.98. The third-order valence-electron chi connectivity index (χ3n) is 3.98. The first kappa shape index (κ1) is 15.2. The first-order chi connectivity index (χ1) is 11.1. The minimum atomic E-state index is -1.14. The van der Waals surface area contributed by atoms with Gasteiger partial charge >= 0.3 is 5.97 Å². The van der Waals surface area contributed by atoms with E-state index >= 15 is 0 Å². The molecule has 2 unspecified atom stereocenters. The summed E-state index contributed by atoms with van der Waals surface area (Å²) in [5.41, 5.74) is 0.491. The number of fused-ring (bicyclic) bond motifs is 1. The highest BCUT2D eigenvalue weighted by atomic mass is 16.5. The van der Waals surface area contributed by atoms with Crippen LogP contribution in [0.5, 0.6) is 0 Å². The molecule has 0 radical (unpaired) electrons. The van der Waals surface area contributed by atoms with E-state index in [2.05, 4.69) is 5.32 Å². The number of esters is 1. The minimum Gasteiger partial charge on any atom is -0.464 e. The molecular weight excluding hydrogens is 300 g/mol. The molecule has 23 heavy (non-hydrogen) atoms. The molecular formula is C16H16N2O5. The maximum absolute atomic E-state index is 12.4. The number of carbonyl (C=O) groups is 4. The molecule has 0 bridgehead atoms. The summed E-state index contributed by atoms with van der Waals surface area (Å²) < 4.78 is 5.07. The molecule has 1 N–H and O–H groups in total. The Bertz CT molecular complexity index is 664. The van der Waals surface area contributed by atoms with Crippen molar-refractivity contribution >= 4 is 23.7 Å². The molecule has 1 aromatic rings. The monoisotopic (exact) mass is 316 g/mol. The molecule has 3 amide bonds. The molecule has 120 valence electrons. The van der Waals surface area contributed by atoms with Gasteiger partial charge in [0.05, 0.1) is 17.7 Å². The van der Waals surface area contributed by atoms with Crippen LogP contribution in [-0.2, 0) is 14.3 Å². The Labute approximate surface area is 132 Å². The zero-order chi connectivity index (χ0) is 16.6. The van der Waals surface area contributed by atoms with Crippen molar-refractivity contribution < 1.29 is 23.9 Å². The van der Waals surface area contributed by atoms with E-state index < -0.39 is 35.8 Å². The smallest absolute Gasteiger partial charge is 0.331 e. The van der Waals surface area contributed by atoms with Crippen molar-refractivity contribution in [1.82, 2.24) is 10.2 Å². The van der Waals surface area contributed by atoms with Crippen molar-refractivity contribution in [2.24, 2.45) is 0 Å². The number of carbonyl (C=O) groups excluding carboxylic acids is 4. The predicted molar refractivity (Wildman–Crippen MR) is 78.5 cm³/mol. The maximum atomic E-state index is 12.4. The van der Waals surface area contributed by atoms with Gasteiger partial charge in [-0.25, -0.2) is 4.79 Å². The number of benzene rings is 1. The summed E-state index contributed by atoms with van der Waals surface area (Å²) >= 11 is 0. The lowest BCUT2D eigenvalue weighted by atomic mass is 9.97. The standard InChI is InChI=1S/C16H16N2O5/c1-2-3-8-23-16(22)11-12(13(19)17-11)18-14(20)9-6-4-5-7-10(9)15(18)21/h4-7,11-12H,2-3,8H2,1H3,(H,17,19). The Hall–Kier alpha value is -2.70. The Morgan fingerprint density at radius 1 is 1.17 bits per heavy atom. The zero-order valence-electron chi connectivity index (χ0n) is 12.6. The van der Waals surface area contributed by atoms with Crippen LogP contribution in [-0.4, -0.2) is 47.3 Å². The summed E-state index contributed by atoms with van der Waals surface area (Å²) in [4.78, 5) is 49.5. The average molecular weight is 316 g/mol. The van der Waals surface area contributed by atoms with Crippen LogP contribution in [0.2, 0.25) is 0 Å². The number of amides is 3. The molecule has 0 aliphatic carbocycles. The lowest BCUT2D eigenvalue weighted by Crippen LogP contribution is -2.72. The van der Waals surface area contributed by atoms with Gasteiger partial charge in [0.2, 0.25) is 5.91 Å². The molecule has 2 atom stereocenters. The van der Waals surface area contributed by atoms with Gasteiger partial charge in [0.1, 0.15) is 6.04 Å². The number of imide groups is 1. The molecule has 1 aromatic carbocycles. The van der Waals surface area contributed by atoms with Crippen molar-refractivity contribution in [2.75, 3.05) is 6.61 Å². The fourth-order valence-corrected chi connectivity index (χ4v) is 2.69. The minimum absolute atomic E-state index is 0.246. The first-order valence-electron chi connectivity index (χ1n) is 7.50. The first-order valence-corrected chi connectivity index (χ1v) is 7.50. The number of unbranched alkanes of at least 4 members (excludes halogenated alkanes) is 1. The molecule has 7 nitrogen and oxygen atoms in total. The number of hydrogen-bond acceptors (Lipinski definition) is 5. The third kappa shape index (κ3) is 2.38. The van der Waals surface area contributed by atoms with E-state index in [9.17, 15) is 19.2 Å². The van der Waals surface area contributed by atoms with Gasteiger partial charge in [0, 0.05) is 0 Å². The summed E-state index contributed by atoms with van der Waals surface area (Å²) in [6.07, 6.45) is 1.58. The van der Waals surface area contributed by atoms with E-state index in [-0.39, 0.29) is 17.7 Å². The van der Waals surface area contributed by atoms with Gasteiger partial charge in [-0.15, -0.1) is 0 Å². The number of hydrogen-bond donors (Lipinski definition) is 1. The van der Waals surface area contributed by atoms with Crippen molar-refractivity contribution in [2.45, 2.75) is 31.8 Å². The summed E-state index contributed by atoms with van der Waals surface area (Å²) in [5, 5.41) is 2.40. The van der Waals surface area contributed by atoms with Crippen molar-refractivity contribution in [3.8, 4) is 0 Å². The van der Waals surface area contributed by atoms with Crippen LogP contribution in [0.1, 0.15) is 40.5 Å². The largest absolute Gasteiger partial charge is 0.464 e. The van der Waals surface area contributed by atoms with Gasteiger partial charge in [-0.2, -0.15) is 0 Å². The van der Waals surface area contributed by atoms with Crippen LogP contribution >= 0.6 is 0 Å². The fourth-order valence-electron chi connectivity index (χ4n) is 2.69. The summed E-state index contributed by atoms with van der Waals surface area (Å²) in [6.45, 7) is 2.21. The van der Waals surface area contributed by atoms with E-state index in [1.54, 1.807) is 12.1 Å². The lowest BCUT2D eigenvalue weighted by Gasteiger charge is -2.39. The van der Waals surface area contributed by atoms with Crippen LogP contribution in [0.25, 0.3) is 0 Å². The predicted octanol–water partition coefficient (Wildman–Crippen LogP) is 0.493. The number of β-lactam (4-membered cyclic amide) rings is 1. The van der Waals surface area contributed by atoms with Gasteiger partial charge in [-0.05, 0) is 18.6 Å². The SMILES string of the molecule is CCCCOC(=O)C1NC(=O)C1N1C(=O)c2ccccc2C1=O. The van der Waals surface area contributed by atoms with Crippen LogP contribution in [0, 0.1) is 0 Å². The second-order valence-electron chi connectivity index (χ2n) is 5.48. The van der Waals surface area contributed by atoms with Crippen LogP contribution in [0.3, 0.4) is 0 Å². The van der Waals surface area contributed by atoms with E-state index in [0.29, 0.717) is 6.42 Å². The molecule has 7 heteroatoms. The Morgan fingerprint density at radius 3 is 2.30 bits per heavy atom. The summed E-state index contributed by atoms with van der Waals surface area (Å²) in [6, 6.07) is 4.20. The molecule has 1 saturated heterocycles. The topological polar surface area (TPSA) is 92.8 Å². The van der Waals surface area contributed by atoms with Crippen LogP contribution < -0.4 is 5.32 Å². The highest BCUT2D eigenvalue weighted by Crippen LogP contribution is 2.28. The second kappa shape index (κ2) is 5.83. The average Bonchev–Trinajstić information content (AvgIpc) is 2.78. The summed E-state index contributed by atoms with van der Waals surface area (Å²) in [5.74, 6) is -2.27. The Morgan fingerprint density at radius 2 is 1.78 bits per heavy atom. The van der Waals surface area contributed by atoms with Crippen molar-refractivity contribution in [3.05, 3.63) is 35.4 Å². The molecule has 0 saturated carbocycles. The molecule has 2 aliphatic rings. The van der Waals surface area contributed by atoms with Gasteiger partial charge in [0.15, 0.2) is 6.04 Å². The van der Waals surface area contributed by atoms with Gasteiger partial charge in [0.25, 0.3) is 11.8 Å².